The van der Waals surface area contributed by atoms with Crippen molar-refractivity contribution < 1.29 is 25.6 Å². The van der Waals surface area contributed by atoms with Crippen molar-refractivity contribution in [3.8, 4) is 22.0 Å². The SMILES string of the molecule is CC.CCCCc1cnc2[nH]cc(-c3nc(N[C@H]4C5CCC(CC5)[C@@H]4C(=O)OCc4oc(=O)oc4C)c(F)c(-c4cccs4)n3)c2n1.[HH].[HH]. The summed E-state index contributed by atoms with van der Waals surface area (Å²) in [5.74, 6) is -1.40. The minimum atomic E-state index is -0.843. The van der Waals surface area contributed by atoms with Crippen LogP contribution in [0.25, 0.3) is 33.1 Å². The molecule has 2 N–H and O–H groups in total. The molecule has 3 saturated carbocycles. The highest BCUT2D eigenvalue weighted by atomic mass is 32.1. The third kappa shape index (κ3) is 6.58. The van der Waals surface area contributed by atoms with Crippen molar-refractivity contribution in [2.45, 2.75) is 85.3 Å². The molecule has 11 nitrogen and oxygen atoms in total. The van der Waals surface area contributed by atoms with E-state index in [0.29, 0.717) is 27.4 Å². The standard InChI is InChI=1S/C32H33FN6O5S.C2H6.2H2/c1-3-4-6-19-13-34-30-26(36-19)20(14-35-30)28-38-27(22-7-5-12-45-22)24(33)29(39-28)37-25-18-10-8-17(9-11-18)23(25)31(40)42-15-21-16(2)43-32(41)44-21;1-2;;/h5,7,12-14,17-18,23,25H,3-4,6,8-11,15H2,1-2H3,(H,34,35)(H,37,38,39);1-2H3;2*1H/t17?,18?,23-,25-;;;/m0.../s1. The number of hydrogen-bond acceptors (Lipinski definition) is 11. The maximum Gasteiger partial charge on any atom is 0.519 e. The fourth-order valence-corrected chi connectivity index (χ4v) is 7.42. The van der Waals surface area contributed by atoms with E-state index >= 15 is 4.39 Å². The number of carbonyl (C=O) groups is 1. The first-order valence-corrected chi connectivity index (χ1v) is 17.2. The predicted molar refractivity (Wildman–Crippen MR) is 180 cm³/mol. The largest absolute Gasteiger partial charge is 0.519 e. The van der Waals surface area contributed by atoms with Gasteiger partial charge < -0.3 is 23.9 Å². The van der Waals surface area contributed by atoms with Crippen molar-refractivity contribution in [1.29, 1.82) is 0 Å². The molecule has 5 aromatic heterocycles. The zero-order chi connectivity index (χ0) is 33.1. The van der Waals surface area contributed by atoms with Gasteiger partial charge in [0.05, 0.1) is 28.2 Å². The molecule has 3 aliphatic rings. The number of aromatic amines is 1. The summed E-state index contributed by atoms with van der Waals surface area (Å²) in [7, 11) is 0. The van der Waals surface area contributed by atoms with Gasteiger partial charge in [-0.15, -0.1) is 11.3 Å². The number of hydrogen-bond donors (Lipinski definition) is 2. The highest BCUT2D eigenvalue weighted by Crippen LogP contribution is 2.47. The molecule has 0 unspecified atom stereocenters. The van der Waals surface area contributed by atoms with Gasteiger partial charge in [0.15, 0.2) is 41.2 Å². The minimum Gasteiger partial charge on any atom is -0.457 e. The molecule has 2 atom stereocenters. The number of aromatic nitrogens is 5. The number of fused-ring (bicyclic) bond motifs is 4. The number of ether oxygens (including phenoxy) is 1. The Morgan fingerprint density at radius 2 is 1.96 bits per heavy atom. The first-order valence-electron chi connectivity index (χ1n) is 16.4. The zero-order valence-corrected chi connectivity index (χ0v) is 27.8. The average molecular weight is 667 g/mol. The third-order valence-electron chi connectivity index (χ3n) is 9.04. The summed E-state index contributed by atoms with van der Waals surface area (Å²) < 4.78 is 31.9. The van der Waals surface area contributed by atoms with Gasteiger partial charge in [-0.25, -0.2) is 29.1 Å². The number of anilines is 1. The van der Waals surface area contributed by atoms with E-state index in [-0.39, 0.29) is 44.3 Å². The molecule has 0 aromatic carbocycles. The number of halogens is 1. The van der Waals surface area contributed by atoms with Crippen LogP contribution >= 0.6 is 11.3 Å². The van der Waals surface area contributed by atoms with Crippen LogP contribution in [0.5, 0.6) is 0 Å². The van der Waals surface area contributed by atoms with Crippen LogP contribution in [0, 0.1) is 30.5 Å². The Hall–Kier alpha value is -4.39. The van der Waals surface area contributed by atoms with E-state index < -0.39 is 29.6 Å². The Balaban J connectivity index is 0.00000133. The molecule has 5 aromatic rings. The fraction of sp³-hybridized carbons (Fsp3) is 0.471. The summed E-state index contributed by atoms with van der Waals surface area (Å²) in [6, 6.07) is 3.27. The number of carbonyl (C=O) groups excluding carboxylic acids is 1. The van der Waals surface area contributed by atoms with E-state index in [9.17, 15) is 9.59 Å². The quantitative estimate of drug-likeness (QED) is 0.141. The number of esters is 1. The summed E-state index contributed by atoms with van der Waals surface area (Å²) in [6.07, 6.45) is 9.95. The van der Waals surface area contributed by atoms with Gasteiger partial charge in [0.25, 0.3) is 0 Å². The van der Waals surface area contributed by atoms with Gasteiger partial charge in [-0.1, -0.05) is 33.3 Å². The second kappa shape index (κ2) is 14.2. The monoisotopic (exact) mass is 666 g/mol. The lowest BCUT2D eigenvalue weighted by atomic mass is 9.61. The summed E-state index contributed by atoms with van der Waals surface area (Å²) in [5, 5.41) is 5.23. The molecule has 47 heavy (non-hydrogen) atoms. The van der Waals surface area contributed by atoms with Crippen LogP contribution in [0.4, 0.5) is 10.2 Å². The van der Waals surface area contributed by atoms with E-state index in [0.717, 1.165) is 50.6 Å². The molecule has 3 aliphatic carbocycles. The van der Waals surface area contributed by atoms with E-state index in [2.05, 4.69) is 27.2 Å². The number of unbranched alkanes of at least 4 members (excludes halogenated alkanes) is 1. The minimum absolute atomic E-state index is 0. The van der Waals surface area contributed by atoms with E-state index in [1.807, 2.05) is 31.4 Å². The van der Waals surface area contributed by atoms with Crippen molar-refractivity contribution in [2.24, 2.45) is 17.8 Å². The molecule has 0 aliphatic heterocycles. The lowest BCUT2D eigenvalue weighted by Gasteiger charge is -2.47. The number of rotatable bonds is 10. The Labute approximate surface area is 278 Å². The molecule has 2 bridgehead atoms. The van der Waals surface area contributed by atoms with Crippen molar-refractivity contribution >= 4 is 34.3 Å². The van der Waals surface area contributed by atoms with Gasteiger partial charge in [-0.3, -0.25) is 4.79 Å². The first-order chi connectivity index (χ1) is 22.9. The average Bonchev–Trinajstić information content (AvgIpc) is 3.85. The number of nitrogens with one attached hydrogen (secondary N) is 2. The van der Waals surface area contributed by atoms with Crippen LogP contribution in [0.15, 0.2) is 43.5 Å². The van der Waals surface area contributed by atoms with Crippen LogP contribution in [0.2, 0.25) is 0 Å². The molecule has 8 rings (SSSR count). The van der Waals surface area contributed by atoms with Gasteiger partial charge in [0.1, 0.15) is 11.2 Å². The topological polar surface area (TPSA) is 149 Å². The maximum absolute atomic E-state index is 16.3. The Morgan fingerprint density at radius 1 is 1.17 bits per heavy atom. The second-order valence-electron chi connectivity index (χ2n) is 11.8. The van der Waals surface area contributed by atoms with Crippen LogP contribution in [-0.4, -0.2) is 36.9 Å². The molecule has 0 spiro atoms. The number of thiophene rings is 1. The van der Waals surface area contributed by atoms with Crippen LogP contribution in [-0.2, 0) is 22.6 Å². The molecule has 3 fully saturated rings. The van der Waals surface area contributed by atoms with Crippen molar-refractivity contribution in [3.63, 3.8) is 0 Å². The predicted octanol–water partition coefficient (Wildman–Crippen LogP) is 7.96. The number of aryl methyl sites for hydroxylation is 2. The van der Waals surface area contributed by atoms with Crippen molar-refractivity contribution in [1.82, 2.24) is 24.9 Å². The summed E-state index contributed by atoms with van der Waals surface area (Å²) in [4.78, 5) is 47.6. The number of H-pyrrole nitrogens is 1. The molecule has 252 valence electrons. The molecule has 0 amide bonds. The summed E-state index contributed by atoms with van der Waals surface area (Å²) in [5.41, 5.74) is 2.88. The molecular formula is C34H43FN6O5S. The van der Waals surface area contributed by atoms with Gasteiger partial charge in [0.2, 0.25) is 0 Å². The normalized spacial score (nSPS) is 20.2. The Kier molecular flexibility index (Phi) is 9.81. The van der Waals surface area contributed by atoms with Crippen molar-refractivity contribution in [3.05, 3.63) is 63.6 Å². The fourth-order valence-electron chi connectivity index (χ4n) is 6.71. The zero-order valence-electron chi connectivity index (χ0n) is 27.0. The highest BCUT2D eigenvalue weighted by Gasteiger charge is 2.48. The Bertz CT molecular complexity index is 1900. The highest BCUT2D eigenvalue weighted by molar-refractivity contribution is 7.13. The lowest BCUT2D eigenvalue weighted by molar-refractivity contribution is -0.157. The lowest BCUT2D eigenvalue weighted by Crippen LogP contribution is -2.52. The molecule has 0 radical (unpaired) electrons. The molecule has 0 saturated heterocycles. The van der Waals surface area contributed by atoms with Gasteiger partial charge in [-0.2, -0.15) is 0 Å². The van der Waals surface area contributed by atoms with E-state index in [1.54, 1.807) is 19.3 Å². The van der Waals surface area contributed by atoms with E-state index in [4.69, 9.17) is 23.5 Å². The van der Waals surface area contributed by atoms with Crippen LogP contribution in [0.3, 0.4) is 0 Å². The first kappa shape index (κ1) is 32.5. The Morgan fingerprint density at radius 3 is 2.66 bits per heavy atom. The third-order valence-corrected chi connectivity index (χ3v) is 9.92. The summed E-state index contributed by atoms with van der Waals surface area (Å²) >= 11 is 1.38. The van der Waals surface area contributed by atoms with Crippen molar-refractivity contribution in [2.75, 3.05) is 5.32 Å². The molecule has 13 heteroatoms. The second-order valence-corrected chi connectivity index (χ2v) is 12.8. The summed E-state index contributed by atoms with van der Waals surface area (Å²) in [6.45, 7) is 7.49. The van der Waals surface area contributed by atoms with Gasteiger partial charge >= 0.3 is 11.8 Å². The maximum atomic E-state index is 16.3. The van der Waals surface area contributed by atoms with E-state index in [1.165, 1.54) is 11.3 Å². The molecular weight excluding hydrogens is 623 g/mol. The number of nitrogens with zero attached hydrogens (tertiary/aromatic N) is 4. The van der Waals surface area contributed by atoms with Crippen LogP contribution < -0.4 is 11.1 Å². The molecule has 5 heterocycles. The smallest absolute Gasteiger partial charge is 0.457 e. The van der Waals surface area contributed by atoms with Crippen LogP contribution in [0.1, 0.15) is 79.4 Å². The van der Waals surface area contributed by atoms with Gasteiger partial charge in [0, 0.05) is 15.1 Å². The van der Waals surface area contributed by atoms with Gasteiger partial charge in [-0.05, 0) is 68.7 Å².